The maximum Gasteiger partial charge on any atom is 0.356 e. The normalized spacial score (nSPS) is 10.7. The van der Waals surface area contributed by atoms with E-state index in [1.165, 1.54) is 4.68 Å². The van der Waals surface area contributed by atoms with Gasteiger partial charge in [-0.25, -0.2) is 23.9 Å². The summed E-state index contributed by atoms with van der Waals surface area (Å²) in [5.74, 6) is 0.679. The van der Waals surface area contributed by atoms with Crippen LogP contribution in [0.3, 0.4) is 0 Å². The number of halogens is 1. The van der Waals surface area contributed by atoms with Gasteiger partial charge in [-0.2, -0.15) is 0 Å². The van der Waals surface area contributed by atoms with Crippen molar-refractivity contribution >= 4 is 11.6 Å². The molecule has 7 heteroatoms. The van der Waals surface area contributed by atoms with Crippen LogP contribution >= 0.6 is 11.6 Å². The monoisotopic (exact) mass is 331 g/mol. The molecular formula is C16H14ClN3O3. The molecule has 23 heavy (non-hydrogen) atoms. The fourth-order valence-corrected chi connectivity index (χ4v) is 2.36. The molecule has 0 bridgehead atoms. The summed E-state index contributed by atoms with van der Waals surface area (Å²) in [4.78, 5) is 24.7. The van der Waals surface area contributed by atoms with Gasteiger partial charge < -0.3 is 4.74 Å². The Bertz CT molecular complexity index is 921. The van der Waals surface area contributed by atoms with Crippen molar-refractivity contribution in [2.24, 2.45) is 0 Å². The van der Waals surface area contributed by atoms with E-state index in [2.05, 4.69) is 5.10 Å². The van der Waals surface area contributed by atoms with Gasteiger partial charge in [-0.15, -0.1) is 0 Å². The first-order valence-electron chi connectivity index (χ1n) is 7.03. The topological polar surface area (TPSA) is 69.0 Å². The second-order valence-corrected chi connectivity index (χ2v) is 5.21. The smallest absolute Gasteiger partial charge is 0.356 e. The molecule has 0 fully saturated rings. The first-order chi connectivity index (χ1) is 11.1. The van der Waals surface area contributed by atoms with Crippen molar-refractivity contribution in [2.45, 2.75) is 6.92 Å². The minimum atomic E-state index is -0.519. The third-order valence-electron chi connectivity index (χ3n) is 3.28. The van der Waals surface area contributed by atoms with Gasteiger partial charge in [0.15, 0.2) is 0 Å². The molecule has 0 amide bonds. The maximum atomic E-state index is 12.5. The van der Waals surface area contributed by atoms with Crippen LogP contribution in [0.15, 0.2) is 58.1 Å². The number of nitrogens with zero attached hydrogens (tertiary/aromatic N) is 2. The minimum absolute atomic E-state index is 0.465. The Morgan fingerprint density at radius 2 is 1.61 bits per heavy atom. The van der Waals surface area contributed by atoms with Crippen LogP contribution in [-0.2, 0) is 0 Å². The molecule has 0 aliphatic rings. The summed E-state index contributed by atoms with van der Waals surface area (Å²) in [6.45, 7) is 2.43. The van der Waals surface area contributed by atoms with Crippen molar-refractivity contribution in [2.75, 3.05) is 6.61 Å². The number of hydrogen-bond donors (Lipinski definition) is 1. The maximum absolute atomic E-state index is 12.5. The van der Waals surface area contributed by atoms with Crippen LogP contribution < -0.4 is 16.1 Å². The first-order valence-corrected chi connectivity index (χ1v) is 7.41. The highest BCUT2D eigenvalue weighted by atomic mass is 35.5. The van der Waals surface area contributed by atoms with Gasteiger partial charge in [0.25, 0.3) is 0 Å². The molecule has 118 valence electrons. The van der Waals surface area contributed by atoms with E-state index in [0.29, 0.717) is 28.8 Å². The summed E-state index contributed by atoms with van der Waals surface area (Å²) in [6.07, 6.45) is 0. The second kappa shape index (κ2) is 6.18. The zero-order valence-corrected chi connectivity index (χ0v) is 13.1. The van der Waals surface area contributed by atoms with Gasteiger partial charge in [-0.05, 0) is 55.5 Å². The third-order valence-corrected chi connectivity index (χ3v) is 3.54. The lowest BCUT2D eigenvalue weighted by molar-refractivity contribution is 0.340. The van der Waals surface area contributed by atoms with E-state index in [0.717, 1.165) is 4.57 Å². The number of nitrogens with one attached hydrogen (secondary N) is 1. The number of rotatable bonds is 4. The van der Waals surface area contributed by atoms with Gasteiger partial charge in [-0.3, -0.25) is 0 Å². The average molecular weight is 332 g/mol. The molecule has 2 aromatic carbocycles. The molecule has 0 aliphatic carbocycles. The predicted molar refractivity (Wildman–Crippen MR) is 88.2 cm³/mol. The first kappa shape index (κ1) is 15.2. The Balaban J connectivity index is 2.06. The van der Waals surface area contributed by atoms with Crippen LogP contribution in [0.25, 0.3) is 11.4 Å². The molecule has 0 unspecified atom stereocenters. The Kier molecular flexibility index (Phi) is 4.08. The highest BCUT2D eigenvalue weighted by Gasteiger charge is 2.12. The number of benzene rings is 2. The number of ether oxygens (including phenoxy) is 1. The van der Waals surface area contributed by atoms with Crippen LogP contribution in [0.4, 0.5) is 0 Å². The Hall–Kier alpha value is -2.73. The number of hydrogen-bond acceptors (Lipinski definition) is 3. The predicted octanol–water partition coefficient (Wildman–Crippen LogP) is 2.37. The molecule has 0 radical (unpaired) electrons. The van der Waals surface area contributed by atoms with Crippen LogP contribution in [0.1, 0.15) is 6.92 Å². The van der Waals surface area contributed by atoms with Gasteiger partial charge in [0.05, 0.1) is 18.0 Å². The van der Waals surface area contributed by atoms with Crippen molar-refractivity contribution in [3.63, 3.8) is 0 Å². The minimum Gasteiger partial charge on any atom is -0.494 e. The zero-order valence-electron chi connectivity index (χ0n) is 12.3. The largest absolute Gasteiger partial charge is 0.494 e. The average Bonchev–Trinajstić information content (AvgIpc) is 2.84. The summed E-state index contributed by atoms with van der Waals surface area (Å²) in [7, 11) is 0. The number of aromatic amines is 1. The fraction of sp³-hybridized carbons (Fsp3) is 0.125. The van der Waals surface area contributed by atoms with Crippen molar-refractivity contribution < 1.29 is 4.74 Å². The van der Waals surface area contributed by atoms with Crippen LogP contribution in [0, 0.1) is 0 Å². The fourth-order valence-electron chi connectivity index (χ4n) is 2.23. The highest BCUT2D eigenvalue weighted by molar-refractivity contribution is 6.30. The molecule has 0 spiro atoms. The molecule has 0 atom stereocenters. The SMILES string of the molecule is CCOc1ccc(-n2c(=O)[nH]n(-c3ccc(Cl)cc3)c2=O)cc1. The van der Waals surface area contributed by atoms with Crippen molar-refractivity contribution in [1.29, 1.82) is 0 Å². The van der Waals surface area contributed by atoms with E-state index in [9.17, 15) is 9.59 Å². The summed E-state index contributed by atoms with van der Waals surface area (Å²) in [5.41, 5.74) is -0.0100. The van der Waals surface area contributed by atoms with Gasteiger partial charge in [0, 0.05) is 5.02 Å². The van der Waals surface area contributed by atoms with Crippen molar-refractivity contribution in [3.05, 3.63) is 74.5 Å². The number of H-pyrrole nitrogens is 1. The van der Waals surface area contributed by atoms with Gasteiger partial charge in [-0.1, -0.05) is 11.6 Å². The van der Waals surface area contributed by atoms with E-state index in [1.807, 2.05) is 6.92 Å². The molecule has 1 N–H and O–H groups in total. The second-order valence-electron chi connectivity index (χ2n) is 4.77. The Morgan fingerprint density at radius 3 is 2.22 bits per heavy atom. The van der Waals surface area contributed by atoms with Crippen LogP contribution in [0.5, 0.6) is 5.75 Å². The molecule has 3 rings (SSSR count). The zero-order chi connectivity index (χ0) is 16.4. The summed E-state index contributed by atoms with van der Waals surface area (Å²) < 4.78 is 7.59. The Morgan fingerprint density at radius 1 is 1.00 bits per heavy atom. The molecule has 0 saturated carbocycles. The number of aromatic nitrogens is 3. The third kappa shape index (κ3) is 2.93. The van der Waals surface area contributed by atoms with E-state index >= 15 is 0 Å². The van der Waals surface area contributed by atoms with Crippen molar-refractivity contribution in [3.8, 4) is 17.1 Å². The molecule has 6 nitrogen and oxygen atoms in total. The molecule has 0 aliphatic heterocycles. The lowest BCUT2D eigenvalue weighted by Gasteiger charge is -2.04. The quantitative estimate of drug-likeness (QED) is 0.798. The van der Waals surface area contributed by atoms with E-state index in [1.54, 1.807) is 48.5 Å². The standard InChI is InChI=1S/C16H14ClN3O3/c1-2-23-14-9-7-12(8-10-14)19-15(21)18-20(16(19)22)13-5-3-11(17)4-6-13/h3-10H,2H2,1H3,(H,18,21). The summed E-state index contributed by atoms with van der Waals surface area (Å²) in [5, 5.41) is 3.08. The van der Waals surface area contributed by atoms with Gasteiger partial charge >= 0.3 is 11.4 Å². The van der Waals surface area contributed by atoms with Crippen LogP contribution in [0.2, 0.25) is 5.02 Å². The molecule has 3 aromatic rings. The van der Waals surface area contributed by atoms with E-state index in [-0.39, 0.29) is 0 Å². The Labute approximate surface area is 136 Å². The highest BCUT2D eigenvalue weighted by Crippen LogP contribution is 2.14. The molecule has 1 aromatic heterocycles. The lowest BCUT2D eigenvalue weighted by Crippen LogP contribution is -2.26. The molecule has 0 saturated heterocycles. The van der Waals surface area contributed by atoms with Crippen LogP contribution in [-0.4, -0.2) is 21.0 Å². The van der Waals surface area contributed by atoms with Gasteiger partial charge in [0.1, 0.15) is 5.75 Å². The van der Waals surface area contributed by atoms with Crippen molar-refractivity contribution in [1.82, 2.24) is 14.3 Å². The van der Waals surface area contributed by atoms with E-state index in [4.69, 9.17) is 16.3 Å². The summed E-state index contributed by atoms with van der Waals surface area (Å²) in [6, 6.07) is 13.4. The molecular weight excluding hydrogens is 318 g/mol. The van der Waals surface area contributed by atoms with E-state index < -0.39 is 11.4 Å². The lowest BCUT2D eigenvalue weighted by atomic mass is 10.3. The molecule has 1 heterocycles. The summed E-state index contributed by atoms with van der Waals surface area (Å²) >= 11 is 5.84. The van der Waals surface area contributed by atoms with Gasteiger partial charge in [0.2, 0.25) is 0 Å².